The number of carboxylic acids is 1. The monoisotopic (exact) mass is 240 g/mol. The van der Waals surface area contributed by atoms with Gasteiger partial charge in [-0.1, -0.05) is 6.07 Å². The fraction of sp³-hybridized carbons (Fsp3) is 0. The van der Waals surface area contributed by atoms with Gasteiger partial charge in [0.1, 0.15) is 18.7 Å². The van der Waals surface area contributed by atoms with Gasteiger partial charge in [-0.2, -0.15) is 10.4 Å². The zero-order chi connectivity index (χ0) is 13.0. The first-order chi connectivity index (χ1) is 8.70. The van der Waals surface area contributed by atoms with Crippen LogP contribution in [0.15, 0.2) is 36.9 Å². The maximum atomic E-state index is 10.4. The molecule has 0 aliphatic heterocycles. The van der Waals surface area contributed by atoms with Crippen molar-refractivity contribution in [1.29, 1.82) is 5.26 Å². The Morgan fingerprint density at radius 2 is 2.33 bits per heavy atom. The van der Waals surface area contributed by atoms with Crippen molar-refractivity contribution in [3.8, 4) is 11.8 Å². The molecule has 0 spiro atoms. The maximum absolute atomic E-state index is 10.4. The van der Waals surface area contributed by atoms with Crippen LogP contribution >= 0.6 is 0 Å². The van der Waals surface area contributed by atoms with E-state index in [0.717, 1.165) is 6.08 Å². The molecule has 0 fully saturated rings. The minimum Gasteiger partial charge on any atom is -0.478 e. The fourth-order valence-electron chi connectivity index (χ4n) is 1.45. The first-order valence-electron chi connectivity index (χ1n) is 5.01. The molecular formula is C12H8N4O2. The summed E-state index contributed by atoms with van der Waals surface area (Å²) in [5, 5.41) is 21.5. The summed E-state index contributed by atoms with van der Waals surface area (Å²) in [6, 6.07) is 7.03. The van der Waals surface area contributed by atoms with Gasteiger partial charge in [-0.05, 0) is 23.8 Å². The zero-order valence-electron chi connectivity index (χ0n) is 9.19. The van der Waals surface area contributed by atoms with E-state index in [2.05, 4.69) is 10.1 Å². The van der Waals surface area contributed by atoms with Gasteiger partial charge in [0.05, 0.1) is 11.3 Å². The van der Waals surface area contributed by atoms with Gasteiger partial charge in [-0.15, -0.1) is 0 Å². The molecule has 2 aromatic rings. The first kappa shape index (κ1) is 11.5. The van der Waals surface area contributed by atoms with Gasteiger partial charge < -0.3 is 5.11 Å². The van der Waals surface area contributed by atoms with Crippen LogP contribution in [0.2, 0.25) is 0 Å². The Kier molecular flexibility index (Phi) is 3.16. The Morgan fingerprint density at radius 1 is 1.50 bits per heavy atom. The molecule has 0 atom stereocenters. The maximum Gasteiger partial charge on any atom is 0.328 e. The highest BCUT2D eigenvalue weighted by Gasteiger charge is 2.05. The summed E-state index contributed by atoms with van der Waals surface area (Å²) < 4.78 is 1.48. The lowest BCUT2D eigenvalue weighted by atomic mass is 10.1. The van der Waals surface area contributed by atoms with E-state index < -0.39 is 5.97 Å². The smallest absolute Gasteiger partial charge is 0.328 e. The second-order valence-corrected chi connectivity index (χ2v) is 3.40. The Morgan fingerprint density at radius 3 is 2.94 bits per heavy atom. The van der Waals surface area contributed by atoms with E-state index in [1.165, 1.54) is 23.4 Å². The van der Waals surface area contributed by atoms with Gasteiger partial charge in [0.2, 0.25) is 0 Å². The van der Waals surface area contributed by atoms with Crippen LogP contribution in [0, 0.1) is 11.3 Å². The first-order valence-corrected chi connectivity index (χ1v) is 5.01. The minimum atomic E-state index is -1.03. The normalized spacial score (nSPS) is 10.4. The number of benzene rings is 1. The standard InChI is InChI=1S/C12H8N4O2/c13-6-10-5-9(2-4-12(17)18)1-3-11(10)16-8-14-7-15-16/h1-5,7-8H,(H,17,18). The molecule has 0 radical (unpaired) electrons. The molecule has 0 amide bonds. The van der Waals surface area contributed by atoms with E-state index in [9.17, 15) is 4.79 Å². The van der Waals surface area contributed by atoms with Crippen LogP contribution in [-0.4, -0.2) is 25.8 Å². The Hall–Kier alpha value is -2.94. The minimum absolute atomic E-state index is 0.396. The molecule has 1 aromatic carbocycles. The molecule has 2 rings (SSSR count). The predicted molar refractivity (Wildman–Crippen MR) is 62.7 cm³/mol. The highest BCUT2D eigenvalue weighted by Crippen LogP contribution is 2.15. The molecule has 6 heteroatoms. The Bertz CT molecular complexity index is 639. The predicted octanol–water partition coefficient (Wildman–Crippen LogP) is 1.24. The molecular weight excluding hydrogens is 232 g/mol. The van der Waals surface area contributed by atoms with Gasteiger partial charge in [-0.3, -0.25) is 0 Å². The van der Waals surface area contributed by atoms with Gasteiger partial charge in [0, 0.05) is 6.08 Å². The van der Waals surface area contributed by atoms with Crippen LogP contribution < -0.4 is 0 Å². The number of hydrogen-bond acceptors (Lipinski definition) is 4. The third-order valence-electron chi connectivity index (χ3n) is 2.22. The van der Waals surface area contributed by atoms with Gasteiger partial charge in [-0.25, -0.2) is 14.5 Å². The van der Waals surface area contributed by atoms with Crippen LogP contribution in [0.1, 0.15) is 11.1 Å². The average Bonchev–Trinajstić information content (AvgIpc) is 2.89. The summed E-state index contributed by atoms with van der Waals surface area (Å²) in [5.74, 6) is -1.03. The van der Waals surface area contributed by atoms with Crippen LogP contribution in [-0.2, 0) is 4.79 Å². The second-order valence-electron chi connectivity index (χ2n) is 3.40. The third-order valence-corrected chi connectivity index (χ3v) is 2.22. The summed E-state index contributed by atoms with van der Waals surface area (Å²) >= 11 is 0. The summed E-state index contributed by atoms with van der Waals surface area (Å²) in [4.78, 5) is 14.2. The van der Waals surface area contributed by atoms with E-state index >= 15 is 0 Å². The molecule has 88 valence electrons. The van der Waals surface area contributed by atoms with Crippen molar-refractivity contribution in [3.63, 3.8) is 0 Å². The highest BCUT2D eigenvalue weighted by atomic mass is 16.4. The molecule has 6 nitrogen and oxygen atoms in total. The zero-order valence-corrected chi connectivity index (χ0v) is 9.19. The molecule has 0 unspecified atom stereocenters. The van der Waals surface area contributed by atoms with Gasteiger partial charge in [0.15, 0.2) is 0 Å². The van der Waals surface area contributed by atoms with E-state index in [-0.39, 0.29) is 0 Å². The molecule has 1 heterocycles. The average molecular weight is 240 g/mol. The molecule has 18 heavy (non-hydrogen) atoms. The Labute approximate surface area is 102 Å². The second kappa shape index (κ2) is 4.93. The largest absolute Gasteiger partial charge is 0.478 e. The number of nitriles is 1. The van der Waals surface area contributed by atoms with Gasteiger partial charge >= 0.3 is 5.97 Å². The molecule has 0 saturated heterocycles. The van der Waals surface area contributed by atoms with Crippen LogP contribution in [0.5, 0.6) is 0 Å². The lowest BCUT2D eigenvalue weighted by Crippen LogP contribution is -1.98. The van der Waals surface area contributed by atoms with Crippen molar-refractivity contribution >= 4 is 12.0 Å². The number of hydrogen-bond donors (Lipinski definition) is 1. The number of carboxylic acid groups (broad SMARTS) is 1. The number of aliphatic carboxylic acids is 1. The van der Waals surface area contributed by atoms with E-state index in [4.69, 9.17) is 10.4 Å². The molecule has 0 bridgehead atoms. The lowest BCUT2D eigenvalue weighted by Gasteiger charge is -2.03. The van der Waals surface area contributed by atoms with Crippen molar-refractivity contribution in [2.45, 2.75) is 0 Å². The SMILES string of the molecule is N#Cc1cc(C=CC(=O)O)ccc1-n1cncn1. The molecule has 0 aliphatic rings. The summed E-state index contributed by atoms with van der Waals surface area (Å²) in [6.07, 6.45) is 5.31. The quantitative estimate of drug-likeness (QED) is 0.815. The van der Waals surface area contributed by atoms with Crippen molar-refractivity contribution in [1.82, 2.24) is 14.8 Å². The topological polar surface area (TPSA) is 91.8 Å². The van der Waals surface area contributed by atoms with Crippen LogP contribution in [0.3, 0.4) is 0 Å². The number of rotatable bonds is 3. The van der Waals surface area contributed by atoms with Gasteiger partial charge in [0.25, 0.3) is 0 Å². The summed E-state index contributed by atoms with van der Waals surface area (Å²) in [6.45, 7) is 0. The van der Waals surface area contributed by atoms with E-state index in [1.54, 1.807) is 18.2 Å². The van der Waals surface area contributed by atoms with Crippen molar-refractivity contribution in [2.75, 3.05) is 0 Å². The molecule has 0 saturated carbocycles. The van der Waals surface area contributed by atoms with Crippen molar-refractivity contribution < 1.29 is 9.90 Å². The molecule has 0 aliphatic carbocycles. The third kappa shape index (κ3) is 2.41. The fourth-order valence-corrected chi connectivity index (χ4v) is 1.45. The van der Waals surface area contributed by atoms with Crippen LogP contribution in [0.4, 0.5) is 0 Å². The Balaban J connectivity index is 2.42. The number of carbonyl (C=O) groups is 1. The molecule has 1 aromatic heterocycles. The van der Waals surface area contributed by atoms with E-state index in [1.807, 2.05) is 6.07 Å². The lowest BCUT2D eigenvalue weighted by molar-refractivity contribution is -0.131. The van der Waals surface area contributed by atoms with Crippen LogP contribution in [0.25, 0.3) is 11.8 Å². The molecule has 1 N–H and O–H groups in total. The number of aromatic nitrogens is 3. The van der Waals surface area contributed by atoms with E-state index in [0.29, 0.717) is 16.8 Å². The van der Waals surface area contributed by atoms with Crippen molar-refractivity contribution in [2.24, 2.45) is 0 Å². The summed E-state index contributed by atoms with van der Waals surface area (Å²) in [7, 11) is 0. The highest BCUT2D eigenvalue weighted by molar-refractivity contribution is 5.85. The number of nitrogens with zero attached hydrogens (tertiary/aromatic N) is 4. The van der Waals surface area contributed by atoms with Crippen molar-refractivity contribution in [3.05, 3.63) is 48.1 Å². The summed E-state index contributed by atoms with van der Waals surface area (Å²) in [5.41, 5.74) is 1.63.